The molecule has 0 atom stereocenters. The van der Waals surface area contributed by atoms with Crippen LogP contribution in [0, 0.1) is 6.92 Å². The summed E-state index contributed by atoms with van der Waals surface area (Å²) in [5.74, 6) is -1.16. The molecular weight excluding hydrogens is 398 g/mol. The van der Waals surface area contributed by atoms with Crippen LogP contribution in [0.25, 0.3) is 0 Å². The lowest BCUT2D eigenvalue weighted by Gasteiger charge is -2.24. The summed E-state index contributed by atoms with van der Waals surface area (Å²) in [6, 6.07) is 9.04. The van der Waals surface area contributed by atoms with Crippen LogP contribution in [-0.2, 0) is 26.0 Å². The Balaban J connectivity index is 2.55. The second kappa shape index (κ2) is 8.95. The predicted molar refractivity (Wildman–Crippen MR) is 107 cm³/mol. The Kier molecular flexibility index (Phi) is 6.86. The van der Waals surface area contributed by atoms with Crippen LogP contribution in [-0.4, -0.2) is 46.7 Å². The SMILES string of the molecule is COC(=O)c1cc(CCC(=O)O)cc(C)c1N(C)S(=O)(=O)c1ccc(OC)cc1. The Morgan fingerprint density at radius 2 is 1.72 bits per heavy atom. The van der Waals surface area contributed by atoms with Crippen molar-refractivity contribution in [3.8, 4) is 5.75 Å². The molecule has 0 saturated heterocycles. The van der Waals surface area contributed by atoms with E-state index in [0.29, 0.717) is 16.9 Å². The fraction of sp³-hybridized carbons (Fsp3) is 0.300. The number of sulfonamides is 1. The smallest absolute Gasteiger partial charge is 0.340 e. The van der Waals surface area contributed by atoms with Crippen LogP contribution in [0.2, 0.25) is 0 Å². The van der Waals surface area contributed by atoms with E-state index in [4.69, 9.17) is 14.6 Å². The second-order valence-electron chi connectivity index (χ2n) is 6.34. The molecule has 0 fully saturated rings. The van der Waals surface area contributed by atoms with E-state index in [1.54, 1.807) is 13.0 Å². The Morgan fingerprint density at radius 3 is 2.24 bits per heavy atom. The third-order valence-electron chi connectivity index (χ3n) is 4.43. The van der Waals surface area contributed by atoms with Gasteiger partial charge in [0.2, 0.25) is 0 Å². The number of aliphatic carboxylic acids is 1. The normalized spacial score (nSPS) is 11.0. The van der Waals surface area contributed by atoms with Gasteiger partial charge in [0, 0.05) is 13.5 Å². The summed E-state index contributed by atoms with van der Waals surface area (Å²) in [6.07, 6.45) is 0.0920. The Bertz CT molecular complexity index is 1010. The highest BCUT2D eigenvalue weighted by Crippen LogP contribution is 2.32. The van der Waals surface area contributed by atoms with Gasteiger partial charge in [-0.15, -0.1) is 0 Å². The summed E-state index contributed by atoms with van der Waals surface area (Å²) in [5, 5.41) is 8.89. The number of benzene rings is 2. The van der Waals surface area contributed by atoms with E-state index in [-0.39, 0.29) is 29.0 Å². The van der Waals surface area contributed by atoms with Crippen molar-refractivity contribution >= 4 is 27.6 Å². The van der Waals surface area contributed by atoms with E-state index >= 15 is 0 Å². The summed E-state index contributed by atoms with van der Waals surface area (Å²) >= 11 is 0. The minimum absolute atomic E-state index is 0.0333. The number of methoxy groups -OCH3 is 2. The number of carbonyl (C=O) groups excluding carboxylic acids is 1. The first-order valence-corrected chi connectivity index (χ1v) is 10.1. The molecule has 0 heterocycles. The quantitative estimate of drug-likeness (QED) is 0.652. The topological polar surface area (TPSA) is 110 Å². The first kappa shape index (κ1) is 22.2. The molecule has 156 valence electrons. The van der Waals surface area contributed by atoms with Crippen molar-refractivity contribution in [3.63, 3.8) is 0 Å². The molecule has 1 N–H and O–H groups in total. The van der Waals surface area contributed by atoms with Crippen LogP contribution in [0.1, 0.15) is 27.9 Å². The zero-order valence-electron chi connectivity index (χ0n) is 16.6. The van der Waals surface area contributed by atoms with Crippen molar-refractivity contribution in [1.82, 2.24) is 0 Å². The minimum Gasteiger partial charge on any atom is -0.497 e. The fourth-order valence-electron chi connectivity index (χ4n) is 2.96. The average molecular weight is 421 g/mol. The number of nitrogens with zero attached hydrogens (tertiary/aromatic N) is 1. The van der Waals surface area contributed by atoms with E-state index in [2.05, 4.69) is 0 Å². The molecule has 0 radical (unpaired) electrons. The number of esters is 1. The van der Waals surface area contributed by atoms with E-state index in [1.807, 2.05) is 0 Å². The Morgan fingerprint density at radius 1 is 1.10 bits per heavy atom. The molecule has 0 saturated carbocycles. The number of anilines is 1. The van der Waals surface area contributed by atoms with Gasteiger partial charge < -0.3 is 14.6 Å². The van der Waals surface area contributed by atoms with Crippen LogP contribution < -0.4 is 9.04 Å². The van der Waals surface area contributed by atoms with Crippen molar-refractivity contribution in [3.05, 3.63) is 53.1 Å². The van der Waals surface area contributed by atoms with Crippen LogP contribution in [0.4, 0.5) is 5.69 Å². The van der Waals surface area contributed by atoms with Gasteiger partial charge in [-0.25, -0.2) is 13.2 Å². The molecule has 2 aromatic carbocycles. The van der Waals surface area contributed by atoms with E-state index in [0.717, 1.165) is 4.31 Å². The number of ether oxygens (including phenoxy) is 2. The van der Waals surface area contributed by atoms with Gasteiger partial charge in [0.05, 0.1) is 30.4 Å². The molecule has 2 aromatic rings. The Hall–Kier alpha value is -3.07. The summed E-state index contributed by atoms with van der Waals surface area (Å²) < 4.78 is 37.1. The molecule has 0 aromatic heterocycles. The highest BCUT2D eigenvalue weighted by Gasteiger charge is 2.28. The molecule has 0 unspecified atom stereocenters. The van der Waals surface area contributed by atoms with E-state index in [9.17, 15) is 18.0 Å². The largest absolute Gasteiger partial charge is 0.497 e. The van der Waals surface area contributed by atoms with Gasteiger partial charge in [-0.3, -0.25) is 9.10 Å². The monoisotopic (exact) mass is 421 g/mol. The average Bonchev–Trinajstić information content (AvgIpc) is 2.70. The summed E-state index contributed by atoms with van der Waals surface area (Å²) in [4.78, 5) is 23.2. The summed E-state index contributed by atoms with van der Waals surface area (Å²) in [5.41, 5.74) is 1.33. The van der Waals surface area contributed by atoms with Crippen LogP contribution in [0.3, 0.4) is 0 Å². The number of carboxylic acids is 1. The van der Waals surface area contributed by atoms with Gasteiger partial charge in [0.1, 0.15) is 5.75 Å². The number of hydrogen-bond acceptors (Lipinski definition) is 6. The van der Waals surface area contributed by atoms with Gasteiger partial charge in [-0.1, -0.05) is 6.07 Å². The minimum atomic E-state index is -3.97. The highest BCUT2D eigenvalue weighted by molar-refractivity contribution is 7.92. The van der Waals surface area contributed by atoms with Gasteiger partial charge >= 0.3 is 11.9 Å². The lowest BCUT2D eigenvalue weighted by atomic mass is 10.0. The Labute approximate surface area is 169 Å². The number of carboxylic acid groups (broad SMARTS) is 1. The van der Waals surface area contributed by atoms with Gasteiger partial charge in [-0.2, -0.15) is 0 Å². The maximum atomic E-state index is 13.1. The molecule has 0 spiro atoms. The number of rotatable bonds is 8. The lowest BCUT2D eigenvalue weighted by molar-refractivity contribution is -0.136. The molecular formula is C20H23NO7S. The van der Waals surface area contributed by atoms with Crippen molar-refractivity contribution in [1.29, 1.82) is 0 Å². The molecule has 0 aliphatic heterocycles. The maximum absolute atomic E-state index is 13.1. The highest BCUT2D eigenvalue weighted by atomic mass is 32.2. The molecule has 2 rings (SSSR count). The molecule has 0 amide bonds. The molecule has 0 aliphatic rings. The first-order chi connectivity index (χ1) is 13.6. The van der Waals surface area contributed by atoms with Crippen molar-refractivity contribution < 1.29 is 32.6 Å². The van der Waals surface area contributed by atoms with Gasteiger partial charge in [-0.05, 0) is 54.8 Å². The summed E-state index contributed by atoms with van der Waals surface area (Å²) in [6.45, 7) is 1.66. The molecule has 8 nitrogen and oxygen atoms in total. The van der Waals surface area contributed by atoms with Gasteiger partial charge in [0.15, 0.2) is 0 Å². The third-order valence-corrected chi connectivity index (χ3v) is 6.20. The summed E-state index contributed by atoms with van der Waals surface area (Å²) in [7, 11) is 0.0635. The predicted octanol–water partition coefficient (Wildman–Crippen LogP) is 2.63. The van der Waals surface area contributed by atoms with Crippen LogP contribution >= 0.6 is 0 Å². The van der Waals surface area contributed by atoms with Gasteiger partial charge in [0.25, 0.3) is 10.0 Å². The van der Waals surface area contributed by atoms with Crippen molar-refractivity contribution in [2.75, 3.05) is 25.6 Å². The number of aryl methyl sites for hydroxylation is 2. The van der Waals surface area contributed by atoms with E-state index < -0.39 is 22.0 Å². The molecule has 29 heavy (non-hydrogen) atoms. The molecule has 0 aliphatic carbocycles. The van der Waals surface area contributed by atoms with Crippen LogP contribution in [0.15, 0.2) is 41.3 Å². The first-order valence-electron chi connectivity index (χ1n) is 8.68. The standard InChI is InChI=1S/C20H23NO7S/c1-13-11-14(5-10-18(22)23)12-17(20(24)28-4)19(13)21(2)29(25,26)16-8-6-15(27-3)7-9-16/h6-9,11-12H,5,10H2,1-4H3,(H,22,23). The zero-order chi connectivity index (χ0) is 21.8. The lowest BCUT2D eigenvalue weighted by Crippen LogP contribution is -2.29. The zero-order valence-corrected chi connectivity index (χ0v) is 17.4. The van der Waals surface area contributed by atoms with E-state index in [1.165, 1.54) is 51.6 Å². The fourth-order valence-corrected chi connectivity index (χ4v) is 4.24. The maximum Gasteiger partial charge on any atom is 0.340 e. The van der Waals surface area contributed by atoms with Crippen molar-refractivity contribution in [2.45, 2.75) is 24.7 Å². The molecule has 0 bridgehead atoms. The third kappa shape index (κ3) is 4.86. The number of carbonyl (C=O) groups is 2. The number of hydrogen-bond donors (Lipinski definition) is 1. The van der Waals surface area contributed by atoms with Crippen LogP contribution in [0.5, 0.6) is 5.75 Å². The molecule has 9 heteroatoms. The van der Waals surface area contributed by atoms with Crippen molar-refractivity contribution in [2.24, 2.45) is 0 Å². The second-order valence-corrected chi connectivity index (χ2v) is 8.31.